The van der Waals surface area contributed by atoms with E-state index in [1.807, 2.05) is 24.3 Å². The third-order valence-corrected chi connectivity index (χ3v) is 3.10. The van der Waals surface area contributed by atoms with E-state index in [2.05, 4.69) is 12.2 Å². The van der Waals surface area contributed by atoms with Gasteiger partial charge in [0.2, 0.25) is 0 Å². The zero-order chi connectivity index (χ0) is 13.0. The minimum absolute atomic E-state index is 0.0351. The van der Waals surface area contributed by atoms with E-state index < -0.39 is 0 Å². The van der Waals surface area contributed by atoms with Crippen LogP contribution < -0.4 is 5.32 Å². The normalized spacial score (nSPS) is 17.0. The lowest BCUT2D eigenvalue weighted by Gasteiger charge is -2.38. The van der Waals surface area contributed by atoms with Crippen molar-refractivity contribution < 1.29 is 14.3 Å². The van der Waals surface area contributed by atoms with E-state index >= 15 is 0 Å². The average Bonchev–Trinajstić information content (AvgIpc) is 2.35. The van der Waals surface area contributed by atoms with Gasteiger partial charge in [0, 0.05) is 24.6 Å². The minimum Gasteiger partial charge on any atom is -0.380 e. The van der Waals surface area contributed by atoms with Gasteiger partial charge in [0.15, 0.2) is 0 Å². The van der Waals surface area contributed by atoms with Gasteiger partial charge in [-0.1, -0.05) is 19.1 Å². The van der Waals surface area contributed by atoms with Crippen LogP contribution in [0.4, 0.5) is 0 Å². The highest BCUT2D eigenvalue weighted by molar-refractivity contribution is 5.94. The number of hydrogen-bond acceptors (Lipinski definition) is 3. The molecule has 1 N–H and O–H groups in total. The number of nitrogens with one attached hydrogen (secondary N) is 1. The van der Waals surface area contributed by atoms with Gasteiger partial charge >= 0.3 is 0 Å². The van der Waals surface area contributed by atoms with Crippen LogP contribution in [0.15, 0.2) is 24.3 Å². The molecular weight excluding hydrogens is 230 g/mol. The van der Waals surface area contributed by atoms with Gasteiger partial charge in [-0.2, -0.15) is 0 Å². The van der Waals surface area contributed by atoms with Crippen LogP contribution in [-0.4, -0.2) is 32.8 Å². The summed E-state index contributed by atoms with van der Waals surface area (Å²) in [7, 11) is 1.65. The second-order valence-electron chi connectivity index (χ2n) is 5.12. The molecule has 0 spiro atoms. The molecule has 1 saturated heterocycles. The Bertz CT molecular complexity index is 410. The summed E-state index contributed by atoms with van der Waals surface area (Å²) in [5.74, 6) is -0.0351. The van der Waals surface area contributed by atoms with Crippen molar-refractivity contribution >= 4 is 5.91 Å². The third kappa shape index (κ3) is 3.09. The Labute approximate surface area is 107 Å². The number of carbonyl (C=O) groups excluding carboxylic acids is 1. The van der Waals surface area contributed by atoms with Crippen LogP contribution in [0.25, 0.3) is 0 Å². The van der Waals surface area contributed by atoms with Crippen LogP contribution in [-0.2, 0) is 16.1 Å². The van der Waals surface area contributed by atoms with Gasteiger partial charge in [-0.15, -0.1) is 0 Å². The molecule has 1 aromatic carbocycles. The van der Waals surface area contributed by atoms with Gasteiger partial charge < -0.3 is 14.8 Å². The number of carbonyl (C=O) groups is 1. The zero-order valence-electron chi connectivity index (χ0n) is 10.9. The van der Waals surface area contributed by atoms with Crippen molar-refractivity contribution in [2.45, 2.75) is 13.5 Å². The van der Waals surface area contributed by atoms with Crippen molar-refractivity contribution in [1.29, 1.82) is 0 Å². The fraction of sp³-hybridized carbons (Fsp3) is 0.500. The predicted octanol–water partition coefficient (Wildman–Crippen LogP) is 1.60. The van der Waals surface area contributed by atoms with Crippen molar-refractivity contribution in [3.05, 3.63) is 35.4 Å². The highest BCUT2D eigenvalue weighted by atomic mass is 16.5. The molecule has 0 aromatic heterocycles. The predicted molar refractivity (Wildman–Crippen MR) is 68.4 cm³/mol. The van der Waals surface area contributed by atoms with Crippen LogP contribution in [0.3, 0.4) is 0 Å². The van der Waals surface area contributed by atoms with Crippen molar-refractivity contribution in [2.75, 3.05) is 26.9 Å². The first-order valence-electron chi connectivity index (χ1n) is 6.07. The maximum atomic E-state index is 11.9. The summed E-state index contributed by atoms with van der Waals surface area (Å²) in [5.41, 5.74) is 1.85. The average molecular weight is 249 g/mol. The first-order valence-corrected chi connectivity index (χ1v) is 6.07. The van der Waals surface area contributed by atoms with E-state index in [1.165, 1.54) is 0 Å². The highest BCUT2D eigenvalue weighted by Crippen LogP contribution is 2.25. The van der Waals surface area contributed by atoms with Crippen LogP contribution in [0.1, 0.15) is 22.8 Å². The molecule has 0 atom stereocenters. The van der Waals surface area contributed by atoms with Crippen molar-refractivity contribution in [1.82, 2.24) is 5.32 Å². The van der Waals surface area contributed by atoms with E-state index in [-0.39, 0.29) is 11.3 Å². The first kappa shape index (κ1) is 13.1. The third-order valence-electron chi connectivity index (χ3n) is 3.10. The second kappa shape index (κ2) is 5.50. The largest absolute Gasteiger partial charge is 0.380 e. The summed E-state index contributed by atoms with van der Waals surface area (Å²) in [6, 6.07) is 7.46. The maximum Gasteiger partial charge on any atom is 0.251 e. The number of rotatable bonds is 5. The monoisotopic (exact) mass is 249 g/mol. The lowest BCUT2D eigenvalue weighted by Crippen LogP contribution is -2.48. The molecule has 1 aliphatic rings. The maximum absolute atomic E-state index is 11.9. The lowest BCUT2D eigenvalue weighted by atomic mass is 9.88. The molecule has 1 amide bonds. The molecule has 98 valence electrons. The van der Waals surface area contributed by atoms with Gasteiger partial charge in [0.25, 0.3) is 5.91 Å². The first-order chi connectivity index (χ1) is 8.63. The fourth-order valence-electron chi connectivity index (χ4n) is 1.87. The van der Waals surface area contributed by atoms with Crippen molar-refractivity contribution in [2.24, 2.45) is 5.41 Å². The van der Waals surface area contributed by atoms with Gasteiger partial charge in [-0.3, -0.25) is 4.79 Å². The summed E-state index contributed by atoms with van der Waals surface area (Å²) >= 11 is 0. The quantitative estimate of drug-likeness (QED) is 0.862. The molecule has 2 rings (SSSR count). The van der Waals surface area contributed by atoms with Gasteiger partial charge in [-0.05, 0) is 17.7 Å². The summed E-state index contributed by atoms with van der Waals surface area (Å²) < 4.78 is 10.2. The molecule has 1 fully saturated rings. The second-order valence-corrected chi connectivity index (χ2v) is 5.12. The Morgan fingerprint density at radius 2 is 2.06 bits per heavy atom. The zero-order valence-corrected chi connectivity index (χ0v) is 10.9. The number of hydrogen-bond donors (Lipinski definition) is 1. The SMILES string of the molecule is COCc1ccc(C(=O)NCC2(C)COC2)cc1. The molecule has 18 heavy (non-hydrogen) atoms. The van der Waals surface area contributed by atoms with Crippen LogP contribution in [0, 0.1) is 5.41 Å². The summed E-state index contributed by atoms with van der Waals surface area (Å²) in [6.45, 7) is 4.78. The molecule has 0 radical (unpaired) electrons. The Kier molecular flexibility index (Phi) is 3.99. The minimum atomic E-state index is -0.0351. The summed E-state index contributed by atoms with van der Waals surface area (Å²) in [4.78, 5) is 11.9. The van der Waals surface area contributed by atoms with E-state index in [1.54, 1.807) is 7.11 Å². The fourth-order valence-corrected chi connectivity index (χ4v) is 1.87. The molecule has 1 heterocycles. The number of benzene rings is 1. The van der Waals surface area contributed by atoms with Crippen molar-refractivity contribution in [3.8, 4) is 0 Å². The van der Waals surface area contributed by atoms with Gasteiger partial charge in [-0.25, -0.2) is 0 Å². The molecule has 1 aliphatic heterocycles. The topological polar surface area (TPSA) is 47.6 Å². The van der Waals surface area contributed by atoms with Gasteiger partial charge in [0.05, 0.1) is 19.8 Å². The molecule has 4 heteroatoms. The smallest absolute Gasteiger partial charge is 0.251 e. The van der Waals surface area contributed by atoms with Crippen LogP contribution in [0.2, 0.25) is 0 Å². The van der Waals surface area contributed by atoms with Crippen molar-refractivity contribution in [3.63, 3.8) is 0 Å². The summed E-state index contributed by atoms with van der Waals surface area (Å²) in [6.07, 6.45) is 0. The number of amides is 1. The Morgan fingerprint density at radius 1 is 1.39 bits per heavy atom. The molecule has 0 aliphatic carbocycles. The molecular formula is C14H19NO3. The summed E-state index contributed by atoms with van der Waals surface area (Å²) in [5, 5.41) is 2.94. The highest BCUT2D eigenvalue weighted by Gasteiger charge is 2.33. The van der Waals surface area contributed by atoms with E-state index in [9.17, 15) is 4.79 Å². The van der Waals surface area contributed by atoms with E-state index in [0.29, 0.717) is 18.7 Å². The number of ether oxygens (including phenoxy) is 2. The molecule has 0 unspecified atom stereocenters. The Balaban J connectivity index is 1.88. The Morgan fingerprint density at radius 3 is 2.56 bits per heavy atom. The molecule has 0 saturated carbocycles. The Hall–Kier alpha value is -1.39. The van der Waals surface area contributed by atoms with Crippen LogP contribution >= 0.6 is 0 Å². The van der Waals surface area contributed by atoms with Crippen LogP contribution in [0.5, 0.6) is 0 Å². The van der Waals surface area contributed by atoms with Gasteiger partial charge in [0.1, 0.15) is 0 Å². The lowest BCUT2D eigenvalue weighted by molar-refractivity contribution is -0.0978. The molecule has 4 nitrogen and oxygen atoms in total. The molecule has 1 aromatic rings. The molecule has 0 bridgehead atoms. The van der Waals surface area contributed by atoms with E-state index in [0.717, 1.165) is 18.8 Å². The number of methoxy groups -OCH3 is 1. The van der Waals surface area contributed by atoms with E-state index in [4.69, 9.17) is 9.47 Å². The standard InChI is InChI=1S/C14H19NO3/c1-14(9-18-10-14)8-15-13(16)12-5-3-11(4-6-12)7-17-2/h3-6H,7-10H2,1-2H3,(H,15,16).